The number of hydrogen-bond donors (Lipinski definition) is 2. The zero-order valence-corrected chi connectivity index (χ0v) is 12.3. The fourth-order valence-electron chi connectivity index (χ4n) is 4.57. The molecule has 3 heteroatoms. The Balaban J connectivity index is 1.56. The summed E-state index contributed by atoms with van der Waals surface area (Å²) in [6.45, 7) is 0. The van der Waals surface area contributed by atoms with E-state index in [0.29, 0.717) is 0 Å². The van der Waals surface area contributed by atoms with E-state index in [1.54, 1.807) is 0 Å². The van der Waals surface area contributed by atoms with Crippen LogP contribution in [-0.4, -0.2) is 4.98 Å². The molecule has 0 radical (unpaired) electrons. The van der Waals surface area contributed by atoms with Gasteiger partial charge in [-0.25, -0.2) is 0 Å². The van der Waals surface area contributed by atoms with E-state index in [1.807, 2.05) is 12.3 Å². The topological polar surface area (TPSA) is 50.9 Å². The van der Waals surface area contributed by atoms with Gasteiger partial charge in [-0.15, -0.1) is 0 Å². The largest absolute Gasteiger partial charge is 0.271 e. The molecule has 2 bridgehead atoms. The first kappa shape index (κ1) is 13.2. The highest BCUT2D eigenvalue weighted by atomic mass is 15.2. The highest BCUT2D eigenvalue weighted by molar-refractivity contribution is 5.78. The van der Waals surface area contributed by atoms with Gasteiger partial charge in [-0.3, -0.25) is 16.3 Å². The Morgan fingerprint density at radius 1 is 1.24 bits per heavy atom. The molecular formula is C18H23N3. The minimum absolute atomic E-state index is 0.251. The molecule has 21 heavy (non-hydrogen) atoms. The summed E-state index contributed by atoms with van der Waals surface area (Å²) in [6, 6.07) is 10.9. The van der Waals surface area contributed by atoms with E-state index in [4.69, 9.17) is 5.84 Å². The molecule has 110 valence electrons. The van der Waals surface area contributed by atoms with E-state index in [1.165, 1.54) is 36.6 Å². The predicted octanol–water partition coefficient (Wildman–Crippen LogP) is 3.57. The van der Waals surface area contributed by atoms with Gasteiger partial charge in [0.25, 0.3) is 0 Å². The van der Waals surface area contributed by atoms with E-state index in [9.17, 15) is 0 Å². The van der Waals surface area contributed by atoms with Gasteiger partial charge in [0, 0.05) is 17.6 Å². The number of fused-ring (bicyclic) bond motifs is 3. The van der Waals surface area contributed by atoms with Crippen LogP contribution < -0.4 is 11.3 Å². The van der Waals surface area contributed by atoms with Crippen LogP contribution in [0.4, 0.5) is 0 Å². The fourth-order valence-corrected chi connectivity index (χ4v) is 4.57. The van der Waals surface area contributed by atoms with E-state index in [0.717, 1.165) is 29.7 Å². The quantitative estimate of drug-likeness (QED) is 0.665. The van der Waals surface area contributed by atoms with Crippen molar-refractivity contribution in [2.45, 2.75) is 38.1 Å². The Hall–Kier alpha value is -1.45. The molecule has 0 amide bonds. The monoisotopic (exact) mass is 281 g/mol. The number of pyridine rings is 1. The first-order valence-corrected chi connectivity index (χ1v) is 8.14. The van der Waals surface area contributed by atoms with Crippen molar-refractivity contribution in [3.63, 3.8) is 0 Å². The lowest BCUT2D eigenvalue weighted by Crippen LogP contribution is -2.30. The second-order valence-corrected chi connectivity index (χ2v) is 6.85. The van der Waals surface area contributed by atoms with Gasteiger partial charge in [0.1, 0.15) is 0 Å². The molecule has 0 saturated heterocycles. The number of rotatable bonds is 4. The molecule has 1 aromatic carbocycles. The lowest BCUT2D eigenvalue weighted by atomic mass is 9.83. The van der Waals surface area contributed by atoms with Gasteiger partial charge >= 0.3 is 0 Å². The van der Waals surface area contributed by atoms with Crippen molar-refractivity contribution in [2.24, 2.45) is 23.6 Å². The maximum Gasteiger partial charge on any atom is 0.0705 e. The van der Waals surface area contributed by atoms with Crippen LogP contribution in [0.1, 0.15) is 43.7 Å². The molecule has 3 nitrogen and oxygen atoms in total. The molecule has 2 aliphatic carbocycles. The summed E-state index contributed by atoms with van der Waals surface area (Å²) in [4.78, 5) is 4.46. The van der Waals surface area contributed by atoms with Gasteiger partial charge < -0.3 is 0 Å². The van der Waals surface area contributed by atoms with Crippen LogP contribution in [0.3, 0.4) is 0 Å². The molecule has 4 atom stereocenters. The summed E-state index contributed by atoms with van der Waals surface area (Å²) >= 11 is 0. The number of hydrogen-bond acceptors (Lipinski definition) is 3. The van der Waals surface area contributed by atoms with Crippen molar-refractivity contribution < 1.29 is 0 Å². The van der Waals surface area contributed by atoms with Crippen molar-refractivity contribution in [1.29, 1.82) is 0 Å². The molecule has 4 rings (SSSR count). The molecule has 0 aliphatic heterocycles. The number of benzene rings is 1. The molecule has 0 spiro atoms. The number of hydrazine groups is 1. The van der Waals surface area contributed by atoms with Crippen LogP contribution in [0.25, 0.3) is 10.9 Å². The maximum atomic E-state index is 5.85. The third kappa shape index (κ3) is 2.45. The molecule has 1 heterocycles. The summed E-state index contributed by atoms with van der Waals surface area (Å²) in [5.74, 6) is 8.65. The third-order valence-corrected chi connectivity index (χ3v) is 5.66. The van der Waals surface area contributed by atoms with Gasteiger partial charge in [0.05, 0.1) is 5.52 Å². The zero-order valence-electron chi connectivity index (χ0n) is 12.3. The zero-order chi connectivity index (χ0) is 14.2. The van der Waals surface area contributed by atoms with Crippen molar-refractivity contribution in [3.05, 3.63) is 42.1 Å². The van der Waals surface area contributed by atoms with Crippen molar-refractivity contribution in [1.82, 2.24) is 10.4 Å². The summed E-state index contributed by atoms with van der Waals surface area (Å²) in [5, 5.41) is 1.19. The van der Waals surface area contributed by atoms with Crippen LogP contribution in [0.2, 0.25) is 0 Å². The smallest absolute Gasteiger partial charge is 0.0705 e. The minimum Gasteiger partial charge on any atom is -0.271 e. The SMILES string of the molecule is NNC(CC1CC2CCC1C2)c1ccc2cccnc2c1. The summed E-state index contributed by atoms with van der Waals surface area (Å²) in [5.41, 5.74) is 5.37. The molecule has 2 saturated carbocycles. The van der Waals surface area contributed by atoms with Crippen LogP contribution in [0.15, 0.2) is 36.5 Å². The number of nitrogens with two attached hydrogens (primary N) is 1. The van der Waals surface area contributed by atoms with E-state index >= 15 is 0 Å². The predicted molar refractivity (Wildman–Crippen MR) is 85.4 cm³/mol. The average Bonchev–Trinajstić information content (AvgIpc) is 3.15. The second kappa shape index (κ2) is 5.39. The minimum atomic E-state index is 0.251. The van der Waals surface area contributed by atoms with E-state index < -0.39 is 0 Å². The lowest BCUT2D eigenvalue weighted by Gasteiger charge is -2.26. The second-order valence-electron chi connectivity index (χ2n) is 6.85. The first-order chi connectivity index (χ1) is 10.3. The number of nitrogens with zero attached hydrogens (tertiary/aromatic N) is 1. The van der Waals surface area contributed by atoms with Gasteiger partial charge in [-0.2, -0.15) is 0 Å². The Kier molecular flexibility index (Phi) is 3.40. The third-order valence-electron chi connectivity index (χ3n) is 5.66. The highest BCUT2D eigenvalue weighted by Gasteiger charge is 2.40. The molecule has 2 fully saturated rings. The molecule has 4 unspecified atom stereocenters. The Morgan fingerprint density at radius 2 is 2.19 bits per heavy atom. The van der Waals surface area contributed by atoms with Crippen molar-refractivity contribution >= 4 is 10.9 Å². The average molecular weight is 281 g/mol. The van der Waals surface area contributed by atoms with Crippen LogP contribution >= 0.6 is 0 Å². The van der Waals surface area contributed by atoms with Gasteiger partial charge in [-0.1, -0.05) is 24.6 Å². The van der Waals surface area contributed by atoms with Crippen LogP contribution in [0.5, 0.6) is 0 Å². The van der Waals surface area contributed by atoms with E-state index in [-0.39, 0.29) is 6.04 Å². The Bertz CT molecular complexity index is 639. The Morgan fingerprint density at radius 3 is 2.95 bits per heavy atom. The van der Waals surface area contributed by atoms with Crippen LogP contribution in [-0.2, 0) is 0 Å². The molecule has 2 aromatic rings. The first-order valence-electron chi connectivity index (χ1n) is 8.14. The number of aromatic nitrogens is 1. The van der Waals surface area contributed by atoms with Gasteiger partial charge in [0.15, 0.2) is 0 Å². The van der Waals surface area contributed by atoms with Crippen molar-refractivity contribution in [2.75, 3.05) is 0 Å². The fraction of sp³-hybridized carbons (Fsp3) is 0.500. The summed E-state index contributed by atoms with van der Waals surface area (Å²) in [7, 11) is 0. The normalized spacial score (nSPS) is 29.1. The lowest BCUT2D eigenvalue weighted by molar-refractivity contribution is 0.280. The summed E-state index contributed by atoms with van der Waals surface area (Å²) < 4.78 is 0. The maximum absolute atomic E-state index is 5.85. The van der Waals surface area contributed by atoms with Gasteiger partial charge in [0.2, 0.25) is 0 Å². The van der Waals surface area contributed by atoms with Gasteiger partial charge in [-0.05, 0) is 61.1 Å². The van der Waals surface area contributed by atoms with Crippen molar-refractivity contribution in [3.8, 4) is 0 Å². The highest BCUT2D eigenvalue weighted by Crippen LogP contribution is 2.50. The van der Waals surface area contributed by atoms with E-state index in [2.05, 4.69) is 34.7 Å². The Labute approximate surface area is 125 Å². The molecule has 1 aromatic heterocycles. The molecule has 2 aliphatic rings. The number of nitrogens with one attached hydrogen (secondary N) is 1. The summed E-state index contributed by atoms with van der Waals surface area (Å²) in [6.07, 6.45) is 8.78. The molecule has 3 N–H and O–H groups in total. The van der Waals surface area contributed by atoms with Crippen LogP contribution in [0, 0.1) is 17.8 Å². The molecular weight excluding hydrogens is 258 g/mol. The standard InChI is InChI=1S/C18H23N3/c19-21-18(11-16-9-12-3-4-14(16)8-12)15-6-5-13-2-1-7-20-17(13)10-15/h1-2,5-7,10,12,14,16,18,21H,3-4,8-9,11,19H2.